The van der Waals surface area contributed by atoms with Crippen molar-refractivity contribution in [2.75, 3.05) is 6.54 Å². The first kappa shape index (κ1) is 14.8. The minimum Gasteiger partial charge on any atom is -0.388 e. The van der Waals surface area contributed by atoms with Crippen molar-refractivity contribution < 1.29 is 19.9 Å². The predicted molar refractivity (Wildman–Crippen MR) is 63.4 cm³/mol. The summed E-state index contributed by atoms with van der Waals surface area (Å²) < 4.78 is 0. The minimum absolute atomic E-state index is 0.279. The fourth-order valence-corrected chi connectivity index (χ4v) is 1.38. The van der Waals surface area contributed by atoms with Gasteiger partial charge in [0.1, 0.15) is 12.2 Å². The first-order valence-electron chi connectivity index (χ1n) is 5.30. The number of aromatic nitrogens is 1. The van der Waals surface area contributed by atoms with Crippen LogP contribution in [0, 0.1) is 10.1 Å². The molecule has 9 nitrogen and oxygen atoms in total. The molecule has 0 saturated heterocycles. The Kier molecular flexibility index (Phi) is 4.73. The van der Waals surface area contributed by atoms with Crippen molar-refractivity contribution in [1.82, 2.24) is 10.3 Å². The molecular formula is C10H13N3O6. The number of hydrogen-bond acceptors (Lipinski definition) is 6. The van der Waals surface area contributed by atoms with Crippen LogP contribution in [0.15, 0.2) is 17.1 Å². The molecule has 0 fully saturated rings. The third kappa shape index (κ3) is 3.86. The summed E-state index contributed by atoms with van der Waals surface area (Å²) in [6.45, 7) is 0.942. The second kappa shape index (κ2) is 6.07. The van der Waals surface area contributed by atoms with Crippen LogP contribution in [0.2, 0.25) is 0 Å². The van der Waals surface area contributed by atoms with Gasteiger partial charge in [-0.15, -0.1) is 0 Å². The summed E-state index contributed by atoms with van der Waals surface area (Å²) in [6, 6.07) is 0.875. The molecule has 4 N–H and O–H groups in total. The summed E-state index contributed by atoms with van der Waals surface area (Å²) in [7, 11) is 0. The summed E-state index contributed by atoms with van der Waals surface area (Å²) in [5, 5.41) is 32.1. The van der Waals surface area contributed by atoms with E-state index < -0.39 is 34.3 Å². The quantitative estimate of drug-likeness (QED) is 0.391. The number of aliphatic hydroxyl groups excluding tert-OH is 2. The van der Waals surface area contributed by atoms with Crippen LogP contribution < -0.4 is 10.9 Å². The van der Waals surface area contributed by atoms with Gasteiger partial charge in [-0.1, -0.05) is 0 Å². The zero-order chi connectivity index (χ0) is 14.6. The van der Waals surface area contributed by atoms with Gasteiger partial charge >= 0.3 is 0 Å². The molecule has 0 aromatic carbocycles. The molecular weight excluding hydrogens is 258 g/mol. The van der Waals surface area contributed by atoms with Crippen LogP contribution in [0.5, 0.6) is 0 Å². The molecule has 0 aliphatic rings. The number of aliphatic hydroxyl groups is 2. The normalized spacial score (nSPS) is 13.6. The van der Waals surface area contributed by atoms with Gasteiger partial charge in [-0.3, -0.25) is 19.7 Å². The van der Waals surface area contributed by atoms with E-state index in [1.165, 1.54) is 6.92 Å². The highest BCUT2D eigenvalue weighted by atomic mass is 16.6. The number of rotatable bonds is 5. The molecule has 2 unspecified atom stereocenters. The van der Waals surface area contributed by atoms with Crippen molar-refractivity contribution in [3.63, 3.8) is 0 Å². The van der Waals surface area contributed by atoms with E-state index in [2.05, 4.69) is 10.3 Å². The molecule has 0 radical (unpaired) electrons. The van der Waals surface area contributed by atoms with Crippen molar-refractivity contribution in [3.05, 3.63) is 38.3 Å². The Morgan fingerprint density at radius 3 is 2.74 bits per heavy atom. The average Bonchev–Trinajstić information content (AvgIpc) is 2.35. The Morgan fingerprint density at radius 1 is 1.58 bits per heavy atom. The van der Waals surface area contributed by atoms with Gasteiger partial charge in [0, 0.05) is 19.5 Å². The van der Waals surface area contributed by atoms with Crippen LogP contribution in [-0.2, 0) is 4.79 Å². The SMILES string of the molecule is CC(=O)NCC(O)C(O)c1cc([N+](=O)[O-])c[nH]c1=O. The number of carbonyl (C=O) groups is 1. The number of pyridine rings is 1. The molecule has 0 aliphatic carbocycles. The Labute approximate surface area is 107 Å². The lowest BCUT2D eigenvalue weighted by atomic mass is 10.1. The molecule has 1 aromatic rings. The van der Waals surface area contributed by atoms with Crippen LogP contribution in [-0.4, -0.2) is 38.7 Å². The van der Waals surface area contributed by atoms with E-state index in [9.17, 15) is 29.9 Å². The molecule has 1 heterocycles. The third-order valence-electron chi connectivity index (χ3n) is 2.37. The van der Waals surface area contributed by atoms with Crippen LogP contribution in [0.3, 0.4) is 0 Å². The second-order valence-corrected chi connectivity index (χ2v) is 3.85. The van der Waals surface area contributed by atoms with Gasteiger partial charge in [0.15, 0.2) is 0 Å². The number of nitrogens with zero attached hydrogens (tertiary/aromatic N) is 1. The van der Waals surface area contributed by atoms with E-state index in [-0.39, 0.29) is 12.1 Å². The Balaban J connectivity index is 2.94. The number of aromatic amines is 1. The number of nitrogens with one attached hydrogen (secondary N) is 2. The summed E-state index contributed by atoms with van der Waals surface area (Å²) in [5.74, 6) is -0.417. The van der Waals surface area contributed by atoms with Crippen LogP contribution >= 0.6 is 0 Å². The maximum atomic E-state index is 11.4. The van der Waals surface area contributed by atoms with Crippen molar-refractivity contribution in [2.45, 2.75) is 19.1 Å². The van der Waals surface area contributed by atoms with Crippen molar-refractivity contribution in [3.8, 4) is 0 Å². The smallest absolute Gasteiger partial charge is 0.285 e. The standard InChI is InChI=1S/C10H13N3O6/c1-5(14)11-4-8(15)9(16)7-2-6(13(18)19)3-12-10(7)17/h2-3,8-9,15-16H,4H2,1H3,(H,11,14)(H,12,17). The number of hydrogen-bond donors (Lipinski definition) is 4. The highest BCUT2D eigenvalue weighted by Gasteiger charge is 2.23. The van der Waals surface area contributed by atoms with Gasteiger partial charge in [-0.05, 0) is 0 Å². The Hall–Kier alpha value is -2.26. The molecule has 2 atom stereocenters. The van der Waals surface area contributed by atoms with E-state index in [4.69, 9.17) is 0 Å². The summed E-state index contributed by atoms with van der Waals surface area (Å²) in [5.41, 5.74) is -1.51. The van der Waals surface area contributed by atoms with Gasteiger partial charge in [0.05, 0.1) is 16.7 Å². The number of H-pyrrole nitrogens is 1. The first-order chi connectivity index (χ1) is 8.82. The van der Waals surface area contributed by atoms with Gasteiger partial charge in [0.25, 0.3) is 11.2 Å². The van der Waals surface area contributed by atoms with E-state index in [1.807, 2.05) is 0 Å². The first-order valence-corrected chi connectivity index (χ1v) is 5.30. The Bertz CT molecular complexity index is 540. The fourth-order valence-electron chi connectivity index (χ4n) is 1.38. The highest BCUT2D eigenvalue weighted by Crippen LogP contribution is 2.17. The summed E-state index contributed by atoms with van der Waals surface area (Å²) in [6.07, 6.45) is -2.21. The largest absolute Gasteiger partial charge is 0.388 e. The van der Waals surface area contributed by atoms with E-state index >= 15 is 0 Å². The minimum atomic E-state index is -1.64. The van der Waals surface area contributed by atoms with Crippen LogP contribution in [0.1, 0.15) is 18.6 Å². The van der Waals surface area contributed by atoms with E-state index in [0.717, 1.165) is 12.3 Å². The lowest BCUT2D eigenvalue weighted by Gasteiger charge is -2.17. The molecule has 9 heteroatoms. The van der Waals surface area contributed by atoms with E-state index in [0.29, 0.717) is 0 Å². The molecule has 19 heavy (non-hydrogen) atoms. The van der Waals surface area contributed by atoms with Gasteiger partial charge in [0.2, 0.25) is 5.91 Å². The zero-order valence-electron chi connectivity index (χ0n) is 9.99. The van der Waals surface area contributed by atoms with E-state index in [1.54, 1.807) is 0 Å². The summed E-state index contributed by atoms with van der Waals surface area (Å²) in [4.78, 5) is 34.0. The number of carbonyl (C=O) groups excluding carboxylic acids is 1. The monoisotopic (exact) mass is 271 g/mol. The molecule has 1 rings (SSSR count). The Morgan fingerprint density at radius 2 is 2.21 bits per heavy atom. The van der Waals surface area contributed by atoms with Crippen LogP contribution in [0.25, 0.3) is 0 Å². The van der Waals surface area contributed by atoms with Crippen LogP contribution in [0.4, 0.5) is 5.69 Å². The maximum Gasteiger partial charge on any atom is 0.285 e. The topological polar surface area (TPSA) is 146 Å². The zero-order valence-corrected chi connectivity index (χ0v) is 9.99. The third-order valence-corrected chi connectivity index (χ3v) is 2.37. The molecule has 0 spiro atoms. The number of nitro groups is 1. The second-order valence-electron chi connectivity index (χ2n) is 3.85. The molecule has 0 aliphatic heterocycles. The number of amides is 1. The molecule has 1 aromatic heterocycles. The van der Waals surface area contributed by atoms with Gasteiger partial charge < -0.3 is 20.5 Å². The highest BCUT2D eigenvalue weighted by molar-refractivity contribution is 5.72. The van der Waals surface area contributed by atoms with Crippen molar-refractivity contribution >= 4 is 11.6 Å². The molecule has 1 amide bonds. The van der Waals surface area contributed by atoms with Crippen molar-refractivity contribution in [1.29, 1.82) is 0 Å². The van der Waals surface area contributed by atoms with Gasteiger partial charge in [-0.25, -0.2) is 0 Å². The molecule has 0 saturated carbocycles. The fraction of sp³-hybridized carbons (Fsp3) is 0.400. The van der Waals surface area contributed by atoms with Gasteiger partial charge in [-0.2, -0.15) is 0 Å². The lowest BCUT2D eigenvalue weighted by Crippen LogP contribution is -2.36. The summed E-state index contributed by atoms with van der Waals surface area (Å²) >= 11 is 0. The predicted octanol–water partition coefficient (Wildman–Crippen LogP) is -1.19. The maximum absolute atomic E-state index is 11.4. The molecule has 0 bridgehead atoms. The molecule has 104 valence electrons. The lowest BCUT2D eigenvalue weighted by molar-refractivity contribution is -0.385. The average molecular weight is 271 g/mol. The van der Waals surface area contributed by atoms with Crippen molar-refractivity contribution in [2.24, 2.45) is 0 Å².